The summed E-state index contributed by atoms with van der Waals surface area (Å²) in [5.74, 6) is -0.308. The molecule has 2 rings (SSSR count). The van der Waals surface area contributed by atoms with Gasteiger partial charge >= 0.3 is 0 Å². The Morgan fingerprint density at radius 3 is 2.44 bits per heavy atom. The highest BCUT2D eigenvalue weighted by atomic mass is 35.5. The van der Waals surface area contributed by atoms with Crippen molar-refractivity contribution in [1.82, 2.24) is 0 Å². The van der Waals surface area contributed by atoms with Crippen LogP contribution in [-0.2, 0) is 0 Å². The molecule has 0 aliphatic heterocycles. The number of ketones is 1. The molecule has 0 heterocycles. The van der Waals surface area contributed by atoms with Gasteiger partial charge in [0.15, 0.2) is 5.78 Å². The molecule has 0 spiro atoms. The highest BCUT2D eigenvalue weighted by Crippen LogP contribution is 2.23. The molecule has 3 heteroatoms. The molecule has 2 nitrogen and oxygen atoms in total. The minimum Gasteiger partial charge on any atom is -0.380 e. The predicted octanol–water partition coefficient (Wildman–Crippen LogP) is 3.56. The fourth-order valence-corrected chi connectivity index (χ4v) is 1.87. The summed E-state index contributed by atoms with van der Waals surface area (Å²) in [5.41, 5.74) is 1.90. The van der Waals surface area contributed by atoms with Gasteiger partial charge < -0.3 is 5.11 Å². The number of rotatable bonds is 3. The molecule has 2 aromatic rings. The van der Waals surface area contributed by atoms with Crippen molar-refractivity contribution < 1.29 is 9.90 Å². The molecule has 1 unspecified atom stereocenters. The Morgan fingerprint density at radius 1 is 1.17 bits per heavy atom. The Kier molecular flexibility index (Phi) is 3.80. The van der Waals surface area contributed by atoms with Gasteiger partial charge in [0.1, 0.15) is 6.10 Å². The zero-order valence-corrected chi connectivity index (χ0v) is 10.7. The first-order valence-corrected chi connectivity index (χ1v) is 6.01. The average Bonchev–Trinajstić information content (AvgIpc) is 2.41. The molecule has 0 amide bonds. The van der Waals surface area contributed by atoms with Crippen molar-refractivity contribution in [2.75, 3.05) is 0 Å². The first-order valence-electron chi connectivity index (χ1n) is 5.63. The van der Waals surface area contributed by atoms with Crippen LogP contribution < -0.4 is 0 Å². The van der Waals surface area contributed by atoms with Crippen LogP contribution in [0.25, 0.3) is 0 Å². The van der Waals surface area contributed by atoms with Gasteiger partial charge in [0.05, 0.1) is 0 Å². The van der Waals surface area contributed by atoms with Gasteiger partial charge in [0.25, 0.3) is 0 Å². The molecule has 0 saturated heterocycles. The Balaban J connectivity index is 2.28. The van der Waals surface area contributed by atoms with E-state index in [1.165, 1.54) is 0 Å². The van der Waals surface area contributed by atoms with Crippen LogP contribution in [-0.4, -0.2) is 10.9 Å². The maximum atomic E-state index is 12.1. The normalized spacial score (nSPS) is 12.2. The van der Waals surface area contributed by atoms with Gasteiger partial charge in [-0.05, 0) is 24.1 Å². The van der Waals surface area contributed by atoms with Gasteiger partial charge in [0, 0.05) is 10.6 Å². The van der Waals surface area contributed by atoms with E-state index >= 15 is 0 Å². The second-order valence-electron chi connectivity index (χ2n) is 4.14. The van der Waals surface area contributed by atoms with Crippen LogP contribution in [0, 0.1) is 6.92 Å². The molecule has 2 aromatic carbocycles. The van der Waals surface area contributed by atoms with Crippen LogP contribution in [0.1, 0.15) is 27.6 Å². The van der Waals surface area contributed by atoms with Crippen LogP contribution >= 0.6 is 11.6 Å². The molecular weight excluding hydrogens is 248 g/mol. The van der Waals surface area contributed by atoms with Gasteiger partial charge in [0.2, 0.25) is 0 Å². The number of hydrogen-bond acceptors (Lipinski definition) is 2. The summed E-state index contributed by atoms with van der Waals surface area (Å²) < 4.78 is 0. The second kappa shape index (κ2) is 5.34. The Hall–Kier alpha value is -1.64. The summed E-state index contributed by atoms with van der Waals surface area (Å²) in [4.78, 5) is 12.1. The van der Waals surface area contributed by atoms with Crippen LogP contribution in [0.15, 0.2) is 48.5 Å². The van der Waals surface area contributed by atoms with Crippen LogP contribution in [0.4, 0.5) is 0 Å². The summed E-state index contributed by atoms with van der Waals surface area (Å²) in [6.45, 7) is 1.84. The maximum absolute atomic E-state index is 12.1. The van der Waals surface area contributed by atoms with E-state index in [4.69, 9.17) is 11.6 Å². The largest absolute Gasteiger partial charge is 0.380 e. The first kappa shape index (κ1) is 12.8. The van der Waals surface area contributed by atoms with Crippen molar-refractivity contribution in [2.45, 2.75) is 13.0 Å². The van der Waals surface area contributed by atoms with Crippen molar-refractivity contribution in [3.8, 4) is 0 Å². The van der Waals surface area contributed by atoms with E-state index in [0.717, 1.165) is 5.56 Å². The highest BCUT2D eigenvalue weighted by molar-refractivity contribution is 6.31. The van der Waals surface area contributed by atoms with E-state index in [1.54, 1.807) is 42.5 Å². The van der Waals surface area contributed by atoms with Gasteiger partial charge in [-0.15, -0.1) is 0 Å². The molecule has 0 fully saturated rings. The summed E-state index contributed by atoms with van der Waals surface area (Å²) >= 11 is 5.92. The number of hydrogen-bond donors (Lipinski definition) is 1. The Labute approximate surface area is 111 Å². The summed E-state index contributed by atoms with van der Waals surface area (Å²) in [6.07, 6.45) is -1.15. The fraction of sp³-hybridized carbons (Fsp3) is 0.133. The fourth-order valence-electron chi connectivity index (χ4n) is 1.75. The number of carbonyl (C=O) groups excluding carboxylic acids is 1. The molecule has 1 N–H and O–H groups in total. The molecule has 0 aliphatic carbocycles. The molecule has 0 bridgehead atoms. The lowest BCUT2D eigenvalue weighted by atomic mass is 9.99. The SMILES string of the molecule is Cc1cc(C(O)C(=O)c2ccccc2)ccc1Cl. The number of halogens is 1. The van der Waals surface area contributed by atoms with Crippen molar-refractivity contribution in [1.29, 1.82) is 0 Å². The van der Waals surface area contributed by atoms with Crippen LogP contribution in [0.5, 0.6) is 0 Å². The minimum absolute atomic E-state index is 0.308. The number of aliphatic hydroxyl groups is 1. The van der Waals surface area contributed by atoms with Gasteiger partial charge in [-0.3, -0.25) is 4.79 Å². The van der Waals surface area contributed by atoms with E-state index in [-0.39, 0.29) is 5.78 Å². The van der Waals surface area contributed by atoms with Gasteiger partial charge in [-0.1, -0.05) is 54.1 Å². The molecule has 0 saturated carbocycles. The summed E-state index contributed by atoms with van der Waals surface area (Å²) in [5, 5.41) is 10.7. The number of Topliss-reactive ketones (excluding diaryl/α,β-unsaturated/α-hetero) is 1. The molecule has 1 atom stereocenters. The number of benzene rings is 2. The van der Waals surface area contributed by atoms with Crippen LogP contribution in [0.3, 0.4) is 0 Å². The molecule has 92 valence electrons. The van der Waals surface area contributed by atoms with Crippen molar-refractivity contribution in [3.05, 3.63) is 70.2 Å². The highest BCUT2D eigenvalue weighted by Gasteiger charge is 2.19. The molecule has 18 heavy (non-hydrogen) atoms. The number of aryl methyl sites for hydroxylation is 1. The third kappa shape index (κ3) is 2.61. The van der Waals surface area contributed by atoms with E-state index < -0.39 is 6.10 Å². The lowest BCUT2D eigenvalue weighted by Gasteiger charge is -2.11. The lowest BCUT2D eigenvalue weighted by molar-refractivity contribution is 0.0747. The quantitative estimate of drug-likeness (QED) is 0.857. The molecule has 0 radical (unpaired) electrons. The van der Waals surface area contributed by atoms with E-state index in [0.29, 0.717) is 16.1 Å². The third-order valence-corrected chi connectivity index (χ3v) is 3.23. The lowest BCUT2D eigenvalue weighted by Crippen LogP contribution is -2.12. The average molecular weight is 261 g/mol. The monoisotopic (exact) mass is 260 g/mol. The first-order chi connectivity index (χ1) is 8.59. The topological polar surface area (TPSA) is 37.3 Å². The smallest absolute Gasteiger partial charge is 0.195 e. The number of carbonyl (C=O) groups is 1. The predicted molar refractivity (Wildman–Crippen MR) is 71.9 cm³/mol. The number of aliphatic hydroxyl groups excluding tert-OH is 1. The molecular formula is C15H13ClO2. The third-order valence-electron chi connectivity index (χ3n) is 2.80. The Bertz CT molecular complexity index is 564. The standard InChI is InChI=1S/C15H13ClO2/c1-10-9-12(7-8-13(10)16)15(18)14(17)11-5-3-2-4-6-11/h2-9,15,18H,1H3. The van der Waals surface area contributed by atoms with E-state index in [2.05, 4.69) is 0 Å². The van der Waals surface area contributed by atoms with Crippen molar-refractivity contribution in [3.63, 3.8) is 0 Å². The summed E-state index contributed by atoms with van der Waals surface area (Å²) in [7, 11) is 0. The van der Waals surface area contributed by atoms with Crippen molar-refractivity contribution in [2.24, 2.45) is 0 Å². The second-order valence-corrected chi connectivity index (χ2v) is 4.55. The summed E-state index contributed by atoms with van der Waals surface area (Å²) in [6, 6.07) is 13.8. The van der Waals surface area contributed by atoms with E-state index in [9.17, 15) is 9.90 Å². The zero-order valence-electron chi connectivity index (χ0n) is 9.93. The van der Waals surface area contributed by atoms with Gasteiger partial charge in [-0.2, -0.15) is 0 Å². The minimum atomic E-state index is -1.15. The maximum Gasteiger partial charge on any atom is 0.195 e. The van der Waals surface area contributed by atoms with E-state index in [1.807, 2.05) is 13.0 Å². The van der Waals surface area contributed by atoms with Crippen LogP contribution in [0.2, 0.25) is 5.02 Å². The van der Waals surface area contributed by atoms with Crippen molar-refractivity contribution >= 4 is 17.4 Å². The Morgan fingerprint density at radius 2 is 1.83 bits per heavy atom. The zero-order chi connectivity index (χ0) is 13.1. The van der Waals surface area contributed by atoms with Gasteiger partial charge in [-0.25, -0.2) is 0 Å². The molecule has 0 aromatic heterocycles. The molecule has 0 aliphatic rings.